The fraction of sp³-hybridized carbons (Fsp3) is 0.700. The highest BCUT2D eigenvalue weighted by molar-refractivity contribution is 7.09. The molecule has 1 aromatic rings. The monoisotopic (exact) mass is 213 g/mol. The van der Waals surface area contributed by atoms with Crippen LogP contribution in [0.2, 0.25) is 0 Å². The van der Waals surface area contributed by atoms with Gasteiger partial charge in [-0.2, -0.15) is 0 Å². The van der Waals surface area contributed by atoms with Crippen LogP contribution in [0.1, 0.15) is 29.8 Å². The van der Waals surface area contributed by atoms with Crippen molar-refractivity contribution in [3.05, 3.63) is 16.1 Å². The highest BCUT2D eigenvalue weighted by Gasteiger charge is 2.23. The fourth-order valence-corrected chi connectivity index (χ4v) is 2.34. The number of thiazole rings is 1. The molecule has 0 unspecified atom stereocenters. The Kier molecular flexibility index (Phi) is 3.15. The lowest BCUT2D eigenvalue weighted by atomic mass is 10.3. The first kappa shape index (κ1) is 10.1. The van der Waals surface area contributed by atoms with Crippen LogP contribution in [-0.4, -0.2) is 19.2 Å². The summed E-state index contributed by atoms with van der Waals surface area (Å²) in [5, 5.41) is 3.23. The number of hydrogen-bond donors (Lipinski definition) is 0. The zero-order valence-electron chi connectivity index (χ0n) is 8.53. The van der Waals surface area contributed by atoms with Gasteiger partial charge in [0.1, 0.15) is 5.69 Å². The Balaban J connectivity index is 1.99. The van der Waals surface area contributed by atoms with Crippen LogP contribution in [0.4, 0.5) is 0 Å². The average Bonchev–Trinajstić information content (AvgIpc) is 2.88. The van der Waals surface area contributed by atoms with E-state index in [1.807, 2.05) is 5.38 Å². The molecule has 0 spiro atoms. The van der Waals surface area contributed by atoms with E-state index in [-0.39, 0.29) is 6.29 Å². The first-order chi connectivity index (χ1) is 6.83. The minimum Gasteiger partial charge on any atom is -0.350 e. The van der Waals surface area contributed by atoms with Gasteiger partial charge >= 0.3 is 0 Å². The van der Waals surface area contributed by atoms with Gasteiger partial charge in [0, 0.05) is 26.0 Å². The van der Waals surface area contributed by atoms with E-state index in [4.69, 9.17) is 9.47 Å². The molecule has 78 valence electrons. The summed E-state index contributed by atoms with van der Waals surface area (Å²) in [4.78, 5) is 4.50. The maximum absolute atomic E-state index is 5.14. The molecule has 3 nitrogen and oxygen atoms in total. The van der Waals surface area contributed by atoms with Gasteiger partial charge in [-0.05, 0) is 18.8 Å². The van der Waals surface area contributed by atoms with Crippen molar-refractivity contribution in [2.75, 3.05) is 14.2 Å². The highest BCUT2D eigenvalue weighted by Crippen LogP contribution is 2.34. The first-order valence-corrected chi connectivity index (χ1v) is 5.71. The Hall–Kier alpha value is -0.450. The van der Waals surface area contributed by atoms with Crippen LogP contribution >= 0.6 is 11.3 Å². The maximum atomic E-state index is 5.14. The largest absolute Gasteiger partial charge is 0.350 e. The summed E-state index contributed by atoms with van der Waals surface area (Å²) in [6.07, 6.45) is 3.56. The van der Waals surface area contributed by atoms with Crippen LogP contribution in [0.15, 0.2) is 5.38 Å². The minimum absolute atomic E-state index is 0.306. The summed E-state index contributed by atoms with van der Waals surface area (Å²) >= 11 is 1.71. The van der Waals surface area contributed by atoms with Crippen molar-refractivity contribution in [1.82, 2.24) is 4.98 Å². The summed E-state index contributed by atoms with van der Waals surface area (Å²) in [6, 6.07) is 0. The summed E-state index contributed by atoms with van der Waals surface area (Å²) in [7, 11) is 3.27. The molecule has 0 amide bonds. The van der Waals surface area contributed by atoms with Crippen LogP contribution in [-0.2, 0) is 15.9 Å². The van der Waals surface area contributed by atoms with Gasteiger partial charge in [-0.1, -0.05) is 0 Å². The van der Waals surface area contributed by atoms with E-state index in [0.29, 0.717) is 0 Å². The molecule has 0 aromatic carbocycles. The van der Waals surface area contributed by atoms with Gasteiger partial charge in [-0.15, -0.1) is 11.3 Å². The van der Waals surface area contributed by atoms with E-state index in [9.17, 15) is 0 Å². The zero-order valence-corrected chi connectivity index (χ0v) is 9.34. The van der Waals surface area contributed by atoms with Crippen LogP contribution < -0.4 is 0 Å². The molecule has 1 aliphatic rings. The van der Waals surface area contributed by atoms with Crippen LogP contribution in [0.3, 0.4) is 0 Å². The molecule has 1 fully saturated rings. The van der Waals surface area contributed by atoms with Crippen molar-refractivity contribution < 1.29 is 9.47 Å². The summed E-state index contributed by atoms with van der Waals surface area (Å²) in [5.74, 6) is 0.887. The predicted molar refractivity (Wildman–Crippen MR) is 55.3 cm³/mol. The lowest BCUT2D eigenvalue weighted by Crippen LogP contribution is -2.04. The number of hydrogen-bond acceptors (Lipinski definition) is 4. The summed E-state index contributed by atoms with van der Waals surface area (Å²) in [5.41, 5.74) is 0.899. The van der Waals surface area contributed by atoms with Crippen molar-refractivity contribution in [3.63, 3.8) is 0 Å². The molecule has 14 heavy (non-hydrogen) atoms. The maximum Gasteiger partial charge on any atom is 0.201 e. The van der Waals surface area contributed by atoms with Crippen molar-refractivity contribution in [2.24, 2.45) is 5.92 Å². The molecule has 1 heterocycles. The fourth-order valence-electron chi connectivity index (χ4n) is 1.43. The number of ether oxygens (including phenoxy) is 2. The molecule has 1 aromatic heterocycles. The molecule has 4 heteroatoms. The summed E-state index contributed by atoms with van der Waals surface area (Å²) in [6.45, 7) is 0. The Morgan fingerprint density at radius 3 is 2.79 bits per heavy atom. The normalized spacial score (nSPS) is 16.5. The third kappa shape index (κ3) is 2.32. The second-order valence-electron chi connectivity index (χ2n) is 3.62. The molecule has 0 atom stereocenters. The van der Waals surface area contributed by atoms with Gasteiger partial charge in [-0.3, -0.25) is 0 Å². The Bertz CT molecular complexity index is 292. The molecule has 0 aliphatic heterocycles. The quantitative estimate of drug-likeness (QED) is 0.704. The van der Waals surface area contributed by atoms with E-state index in [2.05, 4.69) is 4.98 Å². The molecular weight excluding hydrogens is 198 g/mol. The van der Waals surface area contributed by atoms with Crippen LogP contribution in [0.25, 0.3) is 0 Å². The predicted octanol–water partition coefficient (Wildman–Crippen LogP) is 2.39. The molecule has 0 bridgehead atoms. The molecule has 0 radical (unpaired) electrons. The molecule has 2 rings (SSSR count). The lowest BCUT2D eigenvalue weighted by Gasteiger charge is -2.09. The average molecular weight is 213 g/mol. The van der Waals surface area contributed by atoms with E-state index in [1.54, 1.807) is 25.6 Å². The Labute approximate surface area is 88.1 Å². The molecule has 0 saturated heterocycles. The van der Waals surface area contributed by atoms with Gasteiger partial charge < -0.3 is 9.47 Å². The zero-order chi connectivity index (χ0) is 9.97. The van der Waals surface area contributed by atoms with Crippen molar-refractivity contribution in [3.8, 4) is 0 Å². The first-order valence-electron chi connectivity index (χ1n) is 4.83. The molecular formula is C10H15NO2S. The highest BCUT2D eigenvalue weighted by atomic mass is 32.1. The van der Waals surface area contributed by atoms with E-state index in [0.717, 1.165) is 18.0 Å². The topological polar surface area (TPSA) is 31.4 Å². The van der Waals surface area contributed by atoms with Crippen molar-refractivity contribution in [1.29, 1.82) is 0 Å². The van der Waals surface area contributed by atoms with E-state index < -0.39 is 0 Å². The third-order valence-corrected chi connectivity index (χ3v) is 3.29. The lowest BCUT2D eigenvalue weighted by molar-refractivity contribution is -0.108. The van der Waals surface area contributed by atoms with Crippen molar-refractivity contribution >= 4 is 11.3 Å². The number of nitrogens with zero attached hydrogens (tertiary/aromatic N) is 1. The van der Waals surface area contributed by atoms with Crippen LogP contribution in [0, 0.1) is 5.92 Å². The molecule has 1 aliphatic carbocycles. The van der Waals surface area contributed by atoms with Gasteiger partial charge in [0.05, 0.1) is 5.01 Å². The Morgan fingerprint density at radius 1 is 1.50 bits per heavy atom. The number of aromatic nitrogens is 1. The molecule has 1 saturated carbocycles. The van der Waals surface area contributed by atoms with Gasteiger partial charge in [0.25, 0.3) is 0 Å². The van der Waals surface area contributed by atoms with Crippen molar-refractivity contribution in [2.45, 2.75) is 25.6 Å². The van der Waals surface area contributed by atoms with E-state index in [1.165, 1.54) is 17.8 Å². The second-order valence-corrected chi connectivity index (χ2v) is 4.56. The SMILES string of the molecule is COC(OC)c1csc(CC2CC2)n1. The minimum atomic E-state index is -0.306. The van der Waals surface area contributed by atoms with Gasteiger partial charge in [0.15, 0.2) is 0 Å². The summed E-state index contributed by atoms with van der Waals surface area (Å²) < 4.78 is 10.3. The third-order valence-electron chi connectivity index (χ3n) is 2.40. The van der Waals surface area contributed by atoms with Gasteiger partial charge in [-0.25, -0.2) is 4.98 Å². The van der Waals surface area contributed by atoms with Crippen LogP contribution in [0.5, 0.6) is 0 Å². The number of rotatable bonds is 5. The number of methoxy groups -OCH3 is 2. The standard InChI is InChI=1S/C10H15NO2S/c1-12-10(13-2)8-6-14-9(11-8)5-7-3-4-7/h6-7,10H,3-5H2,1-2H3. The van der Waals surface area contributed by atoms with E-state index >= 15 is 0 Å². The Morgan fingerprint density at radius 2 is 2.21 bits per heavy atom. The smallest absolute Gasteiger partial charge is 0.201 e. The van der Waals surface area contributed by atoms with Gasteiger partial charge in [0.2, 0.25) is 6.29 Å². The molecule has 0 N–H and O–H groups in total. The second kappa shape index (κ2) is 4.38.